The van der Waals surface area contributed by atoms with E-state index in [1.165, 1.54) is 18.2 Å². The van der Waals surface area contributed by atoms with Crippen LogP contribution in [-0.2, 0) is 9.59 Å². The Bertz CT molecular complexity index is 813. The van der Waals surface area contributed by atoms with E-state index in [1.807, 2.05) is 32.9 Å². The highest BCUT2D eigenvalue weighted by molar-refractivity contribution is 5.94. The third-order valence-corrected chi connectivity index (χ3v) is 4.18. The molecule has 2 N–H and O–H groups in total. The zero-order chi connectivity index (χ0) is 20.0. The van der Waals surface area contributed by atoms with Gasteiger partial charge >= 0.3 is 0 Å². The predicted octanol–water partition coefficient (Wildman–Crippen LogP) is 3.65. The first-order valence-electron chi connectivity index (χ1n) is 8.86. The van der Waals surface area contributed by atoms with Gasteiger partial charge < -0.3 is 10.6 Å². The Labute approximate surface area is 159 Å². The first kappa shape index (κ1) is 20.6. The number of anilines is 2. The second-order valence-electron chi connectivity index (χ2n) is 6.87. The normalized spacial score (nSPS) is 10.7. The van der Waals surface area contributed by atoms with E-state index in [2.05, 4.69) is 10.6 Å². The Kier molecular flexibility index (Phi) is 7.07. The van der Waals surface area contributed by atoms with Crippen molar-refractivity contribution in [3.05, 3.63) is 58.9 Å². The van der Waals surface area contributed by atoms with Gasteiger partial charge in [0.05, 0.1) is 6.54 Å². The molecule has 6 heteroatoms. The van der Waals surface area contributed by atoms with Gasteiger partial charge in [-0.15, -0.1) is 0 Å². The Morgan fingerprint density at radius 3 is 2.30 bits per heavy atom. The largest absolute Gasteiger partial charge is 0.326 e. The van der Waals surface area contributed by atoms with Crippen molar-refractivity contribution in [2.24, 2.45) is 0 Å². The highest BCUT2D eigenvalue weighted by Gasteiger charge is 2.12. The summed E-state index contributed by atoms with van der Waals surface area (Å²) in [7, 11) is 1.78. The molecule has 0 saturated carbocycles. The van der Waals surface area contributed by atoms with E-state index < -0.39 is 5.82 Å². The number of hydrogen-bond donors (Lipinski definition) is 2. The lowest BCUT2D eigenvalue weighted by Gasteiger charge is -2.18. The standard InChI is InChI=1S/C21H26FN3O2/c1-14-10-15(2)21(16(3)11-14)24-20(27)13-25(4)9-8-19(26)23-18-7-5-6-17(22)12-18/h5-7,10-12H,8-9,13H2,1-4H3,(H,23,26)(H,24,27). The van der Waals surface area contributed by atoms with E-state index in [0.717, 1.165) is 22.4 Å². The number of aryl methyl sites for hydroxylation is 3. The molecule has 144 valence electrons. The number of nitrogens with zero attached hydrogens (tertiary/aromatic N) is 1. The van der Waals surface area contributed by atoms with Crippen molar-refractivity contribution in [1.82, 2.24) is 4.90 Å². The van der Waals surface area contributed by atoms with E-state index in [4.69, 9.17) is 0 Å². The molecule has 0 aliphatic rings. The number of rotatable bonds is 7. The van der Waals surface area contributed by atoms with Crippen LogP contribution in [0.25, 0.3) is 0 Å². The van der Waals surface area contributed by atoms with E-state index >= 15 is 0 Å². The van der Waals surface area contributed by atoms with Crippen LogP contribution >= 0.6 is 0 Å². The summed E-state index contributed by atoms with van der Waals surface area (Å²) in [4.78, 5) is 26.0. The molecule has 0 spiro atoms. The second-order valence-corrected chi connectivity index (χ2v) is 6.87. The quantitative estimate of drug-likeness (QED) is 0.781. The van der Waals surface area contributed by atoms with Gasteiger partial charge in [0.15, 0.2) is 0 Å². The average molecular weight is 371 g/mol. The van der Waals surface area contributed by atoms with Crippen LogP contribution in [0, 0.1) is 26.6 Å². The fourth-order valence-corrected chi connectivity index (χ4v) is 2.96. The number of benzene rings is 2. The third-order valence-electron chi connectivity index (χ3n) is 4.18. The van der Waals surface area contributed by atoms with Crippen LogP contribution in [0.3, 0.4) is 0 Å². The fraction of sp³-hybridized carbons (Fsp3) is 0.333. The zero-order valence-electron chi connectivity index (χ0n) is 16.2. The summed E-state index contributed by atoms with van der Waals surface area (Å²) in [5.74, 6) is -0.751. The van der Waals surface area contributed by atoms with Crippen molar-refractivity contribution in [3.8, 4) is 0 Å². The van der Waals surface area contributed by atoms with Gasteiger partial charge in [-0.1, -0.05) is 23.8 Å². The molecule has 2 aromatic carbocycles. The van der Waals surface area contributed by atoms with Gasteiger partial charge in [0.1, 0.15) is 5.82 Å². The van der Waals surface area contributed by atoms with Gasteiger partial charge in [-0.05, 0) is 57.1 Å². The van der Waals surface area contributed by atoms with Gasteiger partial charge in [-0.2, -0.15) is 0 Å². The van der Waals surface area contributed by atoms with Gasteiger partial charge in [-0.3, -0.25) is 14.5 Å². The molecule has 27 heavy (non-hydrogen) atoms. The summed E-state index contributed by atoms with van der Waals surface area (Å²) in [6.07, 6.45) is 0.211. The number of halogens is 1. The minimum atomic E-state index is -0.400. The predicted molar refractivity (Wildman–Crippen MR) is 106 cm³/mol. The molecule has 0 radical (unpaired) electrons. The lowest BCUT2D eigenvalue weighted by molar-refractivity contribution is -0.119. The Morgan fingerprint density at radius 2 is 1.67 bits per heavy atom. The van der Waals surface area contributed by atoms with Crippen molar-refractivity contribution in [1.29, 1.82) is 0 Å². The smallest absolute Gasteiger partial charge is 0.238 e. The van der Waals surface area contributed by atoms with Crippen molar-refractivity contribution in [2.45, 2.75) is 27.2 Å². The maximum atomic E-state index is 13.1. The summed E-state index contributed by atoms with van der Waals surface area (Å²) in [6, 6.07) is 9.81. The monoisotopic (exact) mass is 371 g/mol. The zero-order valence-corrected chi connectivity index (χ0v) is 16.2. The van der Waals surface area contributed by atoms with Crippen molar-refractivity contribution < 1.29 is 14.0 Å². The number of carbonyl (C=O) groups excluding carboxylic acids is 2. The minimum Gasteiger partial charge on any atom is -0.326 e. The summed E-state index contributed by atoms with van der Waals surface area (Å²) in [5, 5.41) is 5.59. The Balaban J connectivity index is 1.80. The van der Waals surface area contributed by atoms with Crippen LogP contribution in [0.2, 0.25) is 0 Å². The summed E-state index contributed by atoms with van der Waals surface area (Å²) < 4.78 is 13.1. The SMILES string of the molecule is Cc1cc(C)c(NC(=O)CN(C)CCC(=O)Nc2cccc(F)c2)c(C)c1. The number of nitrogens with one attached hydrogen (secondary N) is 2. The van der Waals surface area contributed by atoms with Gasteiger partial charge in [0.25, 0.3) is 0 Å². The molecule has 0 heterocycles. The molecule has 0 atom stereocenters. The van der Waals surface area contributed by atoms with Crippen molar-refractivity contribution in [2.75, 3.05) is 30.8 Å². The third kappa shape index (κ3) is 6.49. The van der Waals surface area contributed by atoms with Gasteiger partial charge in [0, 0.05) is 24.3 Å². The second kappa shape index (κ2) is 9.28. The first-order valence-corrected chi connectivity index (χ1v) is 8.86. The van der Waals surface area contributed by atoms with Crippen LogP contribution in [0.15, 0.2) is 36.4 Å². The number of likely N-dealkylation sites (N-methyl/N-ethyl adjacent to an activating group) is 1. The number of hydrogen-bond acceptors (Lipinski definition) is 3. The molecule has 2 rings (SSSR count). The van der Waals surface area contributed by atoms with Gasteiger partial charge in [-0.25, -0.2) is 4.39 Å². The minimum absolute atomic E-state index is 0.127. The number of carbonyl (C=O) groups is 2. The van der Waals surface area contributed by atoms with Crippen molar-refractivity contribution >= 4 is 23.2 Å². The van der Waals surface area contributed by atoms with Crippen LogP contribution in [-0.4, -0.2) is 36.9 Å². The van der Waals surface area contributed by atoms with Crippen LogP contribution in [0.4, 0.5) is 15.8 Å². The molecule has 2 amide bonds. The lowest BCUT2D eigenvalue weighted by atomic mass is 10.1. The molecule has 0 aliphatic carbocycles. The first-order chi connectivity index (χ1) is 12.7. The average Bonchev–Trinajstić information content (AvgIpc) is 2.56. The molecular weight excluding hydrogens is 345 g/mol. The summed E-state index contributed by atoms with van der Waals surface area (Å²) in [5.41, 5.74) is 4.47. The highest BCUT2D eigenvalue weighted by Crippen LogP contribution is 2.21. The summed E-state index contributed by atoms with van der Waals surface area (Å²) in [6.45, 7) is 6.56. The topological polar surface area (TPSA) is 61.4 Å². The number of amides is 2. The maximum absolute atomic E-state index is 13.1. The van der Waals surface area contributed by atoms with Gasteiger partial charge in [0.2, 0.25) is 11.8 Å². The Hall–Kier alpha value is -2.73. The molecule has 0 saturated heterocycles. The van der Waals surface area contributed by atoms with E-state index in [9.17, 15) is 14.0 Å². The lowest BCUT2D eigenvalue weighted by Crippen LogP contribution is -2.32. The highest BCUT2D eigenvalue weighted by atomic mass is 19.1. The molecule has 0 aromatic heterocycles. The van der Waals surface area contributed by atoms with E-state index in [0.29, 0.717) is 12.2 Å². The van der Waals surface area contributed by atoms with Crippen molar-refractivity contribution in [3.63, 3.8) is 0 Å². The molecule has 0 aliphatic heterocycles. The van der Waals surface area contributed by atoms with Crippen LogP contribution < -0.4 is 10.6 Å². The summed E-state index contributed by atoms with van der Waals surface area (Å²) >= 11 is 0. The molecule has 5 nitrogen and oxygen atoms in total. The fourth-order valence-electron chi connectivity index (χ4n) is 2.96. The molecule has 0 bridgehead atoms. The van der Waals surface area contributed by atoms with E-state index in [1.54, 1.807) is 18.0 Å². The molecule has 2 aromatic rings. The maximum Gasteiger partial charge on any atom is 0.238 e. The van der Waals surface area contributed by atoms with E-state index in [-0.39, 0.29) is 24.8 Å². The van der Waals surface area contributed by atoms with Crippen LogP contribution in [0.1, 0.15) is 23.1 Å². The molecular formula is C21H26FN3O2. The molecule has 0 fully saturated rings. The van der Waals surface area contributed by atoms with Crippen LogP contribution in [0.5, 0.6) is 0 Å². The Morgan fingerprint density at radius 1 is 1.00 bits per heavy atom. The molecule has 0 unspecified atom stereocenters.